The van der Waals surface area contributed by atoms with Crippen molar-refractivity contribution in [2.45, 2.75) is 18.9 Å². The molecule has 1 nitrogen and oxygen atoms in total. The number of rotatable bonds is 2. The molecule has 14 heavy (non-hydrogen) atoms. The maximum Gasteiger partial charge on any atom is 0.0781 e. The van der Waals surface area contributed by atoms with Crippen molar-refractivity contribution in [2.75, 3.05) is 0 Å². The van der Waals surface area contributed by atoms with Crippen LogP contribution in [0.15, 0.2) is 12.1 Å². The molecule has 1 fully saturated rings. The van der Waals surface area contributed by atoms with Crippen molar-refractivity contribution in [1.82, 2.24) is 0 Å². The number of halogens is 3. The highest BCUT2D eigenvalue weighted by atomic mass is 35.5. The minimum Gasteiger partial charge on any atom is -0.324 e. The highest BCUT2D eigenvalue weighted by Crippen LogP contribution is 2.43. The summed E-state index contributed by atoms with van der Waals surface area (Å²) in [5, 5.41) is 1.38. The van der Waals surface area contributed by atoms with E-state index in [1.165, 1.54) is 12.8 Å². The van der Waals surface area contributed by atoms with E-state index in [4.69, 9.17) is 40.5 Å². The molecule has 0 aromatic heterocycles. The molecule has 4 heteroatoms. The largest absolute Gasteiger partial charge is 0.324 e. The van der Waals surface area contributed by atoms with Gasteiger partial charge >= 0.3 is 0 Å². The highest BCUT2D eigenvalue weighted by Gasteiger charge is 2.31. The van der Waals surface area contributed by atoms with Crippen LogP contribution < -0.4 is 5.73 Å². The number of hydrogen-bond donors (Lipinski definition) is 1. The van der Waals surface area contributed by atoms with Gasteiger partial charge in [-0.15, -0.1) is 0 Å². The van der Waals surface area contributed by atoms with E-state index in [9.17, 15) is 0 Å². The van der Waals surface area contributed by atoms with E-state index in [0.29, 0.717) is 21.0 Å². The van der Waals surface area contributed by atoms with Crippen molar-refractivity contribution in [1.29, 1.82) is 0 Å². The molecule has 1 aliphatic rings. The lowest BCUT2D eigenvalue weighted by Crippen LogP contribution is -2.12. The van der Waals surface area contributed by atoms with Crippen molar-refractivity contribution in [2.24, 2.45) is 11.7 Å². The smallest absolute Gasteiger partial charge is 0.0781 e. The molecule has 1 unspecified atom stereocenters. The van der Waals surface area contributed by atoms with E-state index in [2.05, 4.69) is 0 Å². The lowest BCUT2D eigenvalue weighted by Gasteiger charge is -2.13. The second-order valence-electron chi connectivity index (χ2n) is 3.63. The molecule has 76 valence electrons. The average Bonchev–Trinajstić information content (AvgIpc) is 2.97. The van der Waals surface area contributed by atoms with Crippen LogP contribution in [0.2, 0.25) is 15.1 Å². The molecule has 0 radical (unpaired) electrons. The van der Waals surface area contributed by atoms with E-state index >= 15 is 0 Å². The fraction of sp³-hybridized carbons (Fsp3) is 0.400. The van der Waals surface area contributed by atoms with E-state index in [-0.39, 0.29) is 6.04 Å². The van der Waals surface area contributed by atoms with Crippen molar-refractivity contribution >= 4 is 34.8 Å². The maximum atomic E-state index is 6.07. The van der Waals surface area contributed by atoms with Gasteiger partial charge in [-0.2, -0.15) is 0 Å². The first-order chi connectivity index (χ1) is 6.61. The van der Waals surface area contributed by atoms with Crippen LogP contribution >= 0.6 is 34.8 Å². The van der Waals surface area contributed by atoms with Crippen LogP contribution in [0.5, 0.6) is 0 Å². The summed E-state index contributed by atoms with van der Waals surface area (Å²) in [5.41, 5.74) is 6.94. The SMILES string of the molecule is NC(c1ccc(Cl)c(Cl)c1Cl)C1CC1. The number of hydrogen-bond acceptors (Lipinski definition) is 1. The number of benzene rings is 1. The first-order valence-electron chi connectivity index (χ1n) is 4.50. The summed E-state index contributed by atoms with van der Waals surface area (Å²) in [6.45, 7) is 0. The lowest BCUT2D eigenvalue weighted by molar-refractivity contribution is 0.634. The van der Waals surface area contributed by atoms with Crippen LogP contribution in [0, 0.1) is 5.92 Å². The van der Waals surface area contributed by atoms with E-state index in [1.54, 1.807) is 6.07 Å². The fourth-order valence-electron chi connectivity index (χ4n) is 1.51. The first-order valence-corrected chi connectivity index (χ1v) is 5.63. The van der Waals surface area contributed by atoms with Crippen molar-refractivity contribution in [3.63, 3.8) is 0 Å². The molecule has 2 N–H and O–H groups in total. The Balaban J connectivity index is 2.38. The summed E-state index contributed by atoms with van der Waals surface area (Å²) >= 11 is 17.8. The zero-order chi connectivity index (χ0) is 10.3. The summed E-state index contributed by atoms with van der Waals surface area (Å²) in [7, 11) is 0. The Hall–Kier alpha value is 0.0500. The minimum atomic E-state index is -0.00253. The third-order valence-corrected chi connectivity index (χ3v) is 3.86. The Bertz CT molecular complexity index is 361. The van der Waals surface area contributed by atoms with Gasteiger partial charge in [0.1, 0.15) is 0 Å². The molecule has 0 bridgehead atoms. The quantitative estimate of drug-likeness (QED) is 0.787. The number of nitrogens with two attached hydrogens (primary N) is 1. The van der Waals surface area contributed by atoms with Gasteiger partial charge in [0.25, 0.3) is 0 Å². The topological polar surface area (TPSA) is 26.0 Å². The molecule has 0 amide bonds. The van der Waals surface area contributed by atoms with Gasteiger partial charge in [-0.1, -0.05) is 40.9 Å². The molecule has 1 saturated carbocycles. The van der Waals surface area contributed by atoms with E-state index in [1.807, 2.05) is 6.07 Å². The molecular weight excluding hydrogens is 240 g/mol. The Morgan fingerprint density at radius 3 is 2.36 bits per heavy atom. The van der Waals surface area contributed by atoms with Gasteiger partial charge in [-0.25, -0.2) is 0 Å². The molecule has 1 aromatic rings. The van der Waals surface area contributed by atoms with E-state index < -0.39 is 0 Å². The summed E-state index contributed by atoms with van der Waals surface area (Å²) in [5.74, 6) is 0.560. The third kappa shape index (κ3) is 1.87. The third-order valence-electron chi connectivity index (χ3n) is 2.55. The Morgan fingerprint density at radius 2 is 1.79 bits per heavy atom. The van der Waals surface area contributed by atoms with Crippen LogP contribution in [-0.2, 0) is 0 Å². The molecular formula is C10H10Cl3N. The van der Waals surface area contributed by atoms with Crippen LogP contribution in [0.1, 0.15) is 24.4 Å². The summed E-state index contributed by atoms with van der Waals surface area (Å²) in [6.07, 6.45) is 2.36. The van der Waals surface area contributed by atoms with Crippen molar-refractivity contribution < 1.29 is 0 Å². The summed E-state index contributed by atoms with van der Waals surface area (Å²) in [4.78, 5) is 0. The van der Waals surface area contributed by atoms with Crippen molar-refractivity contribution in [3.05, 3.63) is 32.8 Å². The van der Waals surface area contributed by atoms with Gasteiger partial charge in [0, 0.05) is 6.04 Å². The van der Waals surface area contributed by atoms with E-state index in [0.717, 1.165) is 5.56 Å². The Kier molecular flexibility index (Phi) is 2.94. The predicted molar refractivity (Wildman–Crippen MR) is 61.1 cm³/mol. The van der Waals surface area contributed by atoms with Crippen LogP contribution in [-0.4, -0.2) is 0 Å². The molecule has 1 aliphatic carbocycles. The van der Waals surface area contributed by atoms with Gasteiger partial charge < -0.3 is 5.73 Å². The van der Waals surface area contributed by atoms with Crippen molar-refractivity contribution in [3.8, 4) is 0 Å². The lowest BCUT2D eigenvalue weighted by atomic mass is 10.0. The van der Waals surface area contributed by atoms with Gasteiger partial charge in [0.15, 0.2) is 0 Å². The Labute approximate surface area is 98.1 Å². The van der Waals surface area contributed by atoms with Crippen LogP contribution in [0.3, 0.4) is 0 Å². The zero-order valence-electron chi connectivity index (χ0n) is 7.43. The second-order valence-corrected chi connectivity index (χ2v) is 4.79. The molecule has 0 saturated heterocycles. The highest BCUT2D eigenvalue weighted by molar-refractivity contribution is 6.48. The molecule has 0 spiro atoms. The zero-order valence-corrected chi connectivity index (χ0v) is 9.70. The maximum absolute atomic E-state index is 6.07. The van der Waals surface area contributed by atoms with Crippen LogP contribution in [0.25, 0.3) is 0 Å². The van der Waals surface area contributed by atoms with Gasteiger partial charge in [0.05, 0.1) is 15.1 Å². The minimum absolute atomic E-state index is 0.00253. The fourth-order valence-corrected chi connectivity index (χ4v) is 2.18. The summed E-state index contributed by atoms with van der Waals surface area (Å²) in [6, 6.07) is 3.60. The second kappa shape index (κ2) is 3.90. The predicted octanol–water partition coefficient (Wildman–Crippen LogP) is 4.06. The average molecular weight is 251 g/mol. The molecule has 0 heterocycles. The molecule has 1 atom stereocenters. The van der Waals surface area contributed by atoms with Crippen LogP contribution in [0.4, 0.5) is 0 Å². The van der Waals surface area contributed by atoms with Gasteiger partial charge in [-0.3, -0.25) is 0 Å². The molecule has 1 aromatic carbocycles. The monoisotopic (exact) mass is 249 g/mol. The summed E-state index contributed by atoms with van der Waals surface area (Å²) < 4.78 is 0. The van der Waals surface area contributed by atoms with Gasteiger partial charge in [-0.05, 0) is 30.4 Å². The van der Waals surface area contributed by atoms with Gasteiger partial charge in [0.2, 0.25) is 0 Å². The standard InChI is InChI=1S/C10H10Cl3N/c11-7-4-3-6(8(12)9(7)13)10(14)5-1-2-5/h3-5,10H,1-2,14H2. The molecule has 0 aliphatic heterocycles. The normalized spacial score (nSPS) is 18.3. The first kappa shape index (κ1) is 10.6. The molecule has 2 rings (SSSR count). The Morgan fingerprint density at radius 1 is 1.14 bits per heavy atom.